The summed E-state index contributed by atoms with van der Waals surface area (Å²) >= 11 is 0. The van der Waals surface area contributed by atoms with Gasteiger partial charge in [-0.3, -0.25) is 0 Å². The van der Waals surface area contributed by atoms with E-state index in [1.807, 2.05) is 0 Å². The Bertz CT molecular complexity index is 64.2. The van der Waals surface area contributed by atoms with Crippen molar-refractivity contribution in [3.63, 3.8) is 0 Å². The Hall–Kier alpha value is -0.0800. The molecule has 0 fully saturated rings. The molecule has 0 aliphatic heterocycles. The van der Waals surface area contributed by atoms with E-state index in [1.54, 1.807) is 0 Å². The summed E-state index contributed by atoms with van der Waals surface area (Å²) in [5, 5.41) is 0. The number of ether oxygens (including phenoxy) is 2. The highest BCUT2D eigenvalue weighted by Crippen LogP contribution is 1.96. The van der Waals surface area contributed by atoms with Gasteiger partial charge in [0.05, 0.1) is 0 Å². The van der Waals surface area contributed by atoms with Crippen molar-refractivity contribution >= 4 is 0 Å². The largest absolute Gasteiger partial charge is 0.381 e. The van der Waals surface area contributed by atoms with Gasteiger partial charge < -0.3 is 9.47 Å². The van der Waals surface area contributed by atoms with Gasteiger partial charge in [-0.15, -0.1) is 0 Å². The van der Waals surface area contributed by atoms with E-state index in [4.69, 9.17) is 9.47 Å². The summed E-state index contributed by atoms with van der Waals surface area (Å²) in [6.07, 6.45) is 4.60. The van der Waals surface area contributed by atoms with Crippen LogP contribution in [0.3, 0.4) is 0 Å². The molecule has 0 saturated heterocycles. The molecule has 0 saturated carbocycles. The van der Waals surface area contributed by atoms with Gasteiger partial charge in [-0.1, -0.05) is 6.92 Å². The maximum atomic E-state index is 5.34. The van der Waals surface area contributed by atoms with Crippen LogP contribution in [0.15, 0.2) is 0 Å². The summed E-state index contributed by atoms with van der Waals surface area (Å²) in [5.74, 6) is 0. The van der Waals surface area contributed by atoms with Gasteiger partial charge in [0.25, 0.3) is 0 Å². The normalized spacial score (nSPS) is 10.5. The fraction of sp³-hybridized carbons (Fsp3) is 0.900. The first-order valence-electron chi connectivity index (χ1n) is 4.86. The lowest BCUT2D eigenvalue weighted by Gasteiger charge is -2.02. The van der Waals surface area contributed by atoms with Gasteiger partial charge in [-0.25, -0.2) is 0 Å². The fourth-order valence-corrected chi connectivity index (χ4v) is 0.933. The third kappa shape index (κ3) is 9.92. The van der Waals surface area contributed by atoms with E-state index in [-0.39, 0.29) is 0 Å². The first-order chi connectivity index (χ1) is 5.91. The lowest BCUT2D eigenvalue weighted by Crippen LogP contribution is -1.97. The maximum absolute atomic E-state index is 5.34. The molecule has 0 N–H and O–H groups in total. The predicted octanol–water partition coefficient (Wildman–Crippen LogP) is 2.43. The highest BCUT2D eigenvalue weighted by molar-refractivity contribution is 4.41. The zero-order valence-corrected chi connectivity index (χ0v) is 8.18. The van der Waals surface area contributed by atoms with Crippen LogP contribution < -0.4 is 0 Å². The minimum Gasteiger partial charge on any atom is -0.381 e. The molecule has 0 aliphatic carbocycles. The summed E-state index contributed by atoms with van der Waals surface area (Å²) in [6, 6.07) is 0. The van der Waals surface area contributed by atoms with Crippen LogP contribution in [0.25, 0.3) is 0 Å². The van der Waals surface area contributed by atoms with Crippen LogP contribution in [0.1, 0.15) is 32.6 Å². The molecule has 0 amide bonds. The van der Waals surface area contributed by atoms with Crippen molar-refractivity contribution in [2.45, 2.75) is 32.6 Å². The van der Waals surface area contributed by atoms with Gasteiger partial charge in [-0.05, 0) is 32.6 Å². The van der Waals surface area contributed by atoms with Crippen molar-refractivity contribution in [1.82, 2.24) is 0 Å². The van der Waals surface area contributed by atoms with Crippen LogP contribution >= 0.6 is 0 Å². The van der Waals surface area contributed by atoms with Crippen molar-refractivity contribution in [2.75, 3.05) is 26.4 Å². The van der Waals surface area contributed by atoms with Crippen LogP contribution in [0.4, 0.5) is 0 Å². The van der Waals surface area contributed by atoms with E-state index in [0.717, 1.165) is 39.1 Å². The van der Waals surface area contributed by atoms with Crippen LogP contribution in [-0.2, 0) is 9.47 Å². The Kier molecular flexibility index (Phi) is 10.8. The van der Waals surface area contributed by atoms with Gasteiger partial charge in [0.2, 0.25) is 0 Å². The molecule has 0 spiro atoms. The summed E-state index contributed by atoms with van der Waals surface area (Å²) < 4.78 is 10.4. The minimum atomic E-state index is 0.590. The van der Waals surface area contributed by atoms with Gasteiger partial charge in [0, 0.05) is 26.4 Å². The van der Waals surface area contributed by atoms with Gasteiger partial charge >= 0.3 is 0 Å². The Morgan fingerprint density at radius 1 is 0.917 bits per heavy atom. The first kappa shape index (κ1) is 11.9. The van der Waals surface area contributed by atoms with E-state index < -0.39 is 0 Å². The van der Waals surface area contributed by atoms with E-state index in [1.165, 1.54) is 6.42 Å². The molecular weight excluding hydrogens is 152 g/mol. The fourth-order valence-electron chi connectivity index (χ4n) is 0.933. The molecule has 0 heterocycles. The first-order valence-corrected chi connectivity index (χ1v) is 4.86. The van der Waals surface area contributed by atoms with Gasteiger partial charge in [-0.2, -0.15) is 0 Å². The molecule has 2 heteroatoms. The maximum Gasteiger partial charge on any atom is 0.0466 e. The second-order valence-electron chi connectivity index (χ2n) is 2.79. The van der Waals surface area contributed by atoms with Crippen LogP contribution in [-0.4, -0.2) is 26.4 Å². The zero-order valence-electron chi connectivity index (χ0n) is 8.18. The highest BCUT2D eigenvalue weighted by Gasteiger charge is 1.89. The molecule has 0 aromatic carbocycles. The molecule has 1 radical (unpaired) electrons. The topological polar surface area (TPSA) is 18.5 Å². The monoisotopic (exact) mass is 173 g/mol. The summed E-state index contributed by atoms with van der Waals surface area (Å²) in [6.45, 7) is 8.96. The number of hydrogen-bond acceptors (Lipinski definition) is 2. The second kappa shape index (κ2) is 10.9. The Morgan fingerprint density at radius 2 is 1.58 bits per heavy atom. The van der Waals surface area contributed by atoms with Gasteiger partial charge in [0.1, 0.15) is 0 Å². The Morgan fingerprint density at radius 3 is 2.17 bits per heavy atom. The summed E-state index contributed by atoms with van der Waals surface area (Å²) in [7, 11) is 0. The smallest absolute Gasteiger partial charge is 0.0466 e. The standard InChI is InChI=1S/C10H21O2/c1-3-8-12-10-7-5-6-9-11-4-2/h2-10H2,1H3. The van der Waals surface area contributed by atoms with E-state index in [0.29, 0.717) is 6.61 Å². The van der Waals surface area contributed by atoms with Gasteiger partial charge in [0.15, 0.2) is 0 Å². The average molecular weight is 173 g/mol. The van der Waals surface area contributed by atoms with E-state index in [9.17, 15) is 0 Å². The van der Waals surface area contributed by atoms with Crippen molar-refractivity contribution in [3.8, 4) is 0 Å². The van der Waals surface area contributed by atoms with Crippen LogP contribution in [0.2, 0.25) is 0 Å². The van der Waals surface area contributed by atoms with E-state index in [2.05, 4.69) is 13.8 Å². The van der Waals surface area contributed by atoms with Crippen molar-refractivity contribution < 1.29 is 9.47 Å². The predicted molar refractivity (Wildman–Crippen MR) is 51.1 cm³/mol. The van der Waals surface area contributed by atoms with Crippen LogP contribution in [0, 0.1) is 6.92 Å². The third-order valence-corrected chi connectivity index (χ3v) is 1.57. The highest BCUT2D eigenvalue weighted by atomic mass is 16.5. The molecule has 0 unspecified atom stereocenters. The average Bonchev–Trinajstić information content (AvgIpc) is 2.10. The van der Waals surface area contributed by atoms with Crippen LogP contribution in [0.5, 0.6) is 0 Å². The molecule has 0 bridgehead atoms. The SMILES string of the molecule is [CH2]COCCCCCOCCC. The van der Waals surface area contributed by atoms with E-state index >= 15 is 0 Å². The quantitative estimate of drug-likeness (QED) is 0.499. The molecule has 0 aliphatic rings. The molecule has 12 heavy (non-hydrogen) atoms. The number of hydrogen-bond donors (Lipinski definition) is 0. The molecule has 0 aromatic heterocycles. The molecular formula is C10H21O2. The van der Waals surface area contributed by atoms with Crippen molar-refractivity contribution in [1.29, 1.82) is 0 Å². The Balaban J connectivity index is 2.73. The summed E-state index contributed by atoms with van der Waals surface area (Å²) in [4.78, 5) is 0. The number of unbranched alkanes of at least 4 members (excludes halogenated alkanes) is 2. The number of rotatable bonds is 9. The lowest BCUT2D eigenvalue weighted by atomic mass is 10.2. The zero-order chi connectivity index (χ0) is 9.07. The Labute approximate surface area is 76.3 Å². The molecule has 73 valence electrons. The molecule has 2 nitrogen and oxygen atoms in total. The second-order valence-corrected chi connectivity index (χ2v) is 2.79. The summed E-state index contributed by atoms with van der Waals surface area (Å²) in [5.41, 5.74) is 0. The third-order valence-electron chi connectivity index (χ3n) is 1.57. The molecule has 0 atom stereocenters. The molecule has 0 rings (SSSR count). The minimum absolute atomic E-state index is 0.590. The van der Waals surface area contributed by atoms with Crippen molar-refractivity contribution in [3.05, 3.63) is 6.92 Å². The molecule has 0 aromatic rings. The lowest BCUT2D eigenvalue weighted by molar-refractivity contribution is 0.123. The van der Waals surface area contributed by atoms with Crippen molar-refractivity contribution in [2.24, 2.45) is 0 Å².